The second-order valence-electron chi connectivity index (χ2n) is 9.59. The van der Waals surface area contributed by atoms with Crippen LogP contribution >= 0.6 is 0 Å². The summed E-state index contributed by atoms with van der Waals surface area (Å²) >= 11 is 0. The van der Waals surface area contributed by atoms with Crippen molar-refractivity contribution in [2.75, 3.05) is 6.54 Å². The van der Waals surface area contributed by atoms with E-state index in [0.717, 1.165) is 38.2 Å². The van der Waals surface area contributed by atoms with Crippen LogP contribution in [-0.2, 0) is 30.5 Å². The summed E-state index contributed by atoms with van der Waals surface area (Å²) in [6, 6.07) is 7.52. The topological polar surface area (TPSA) is 67.2 Å². The molecule has 1 aliphatic rings. The van der Waals surface area contributed by atoms with E-state index in [4.69, 9.17) is 5.73 Å². The number of carbonyl (C=O) groups is 1. The smallest absolute Gasteiger partial charge is 0.217 e. The SMILES string of the molecule is CCCCc1cc(CC)cc2c1CCC[C@H]2NC[C@@H](N)[C@H](Cc1cc(F)cc(F)c1)NC(C)=O. The van der Waals surface area contributed by atoms with E-state index in [1.165, 1.54) is 54.2 Å². The van der Waals surface area contributed by atoms with Crippen LogP contribution in [0.1, 0.15) is 80.3 Å². The van der Waals surface area contributed by atoms with E-state index in [9.17, 15) is 13.6 Å². The fraction of sp³-hybridized carbons (Fsp3) is 0.536. The summed E-state index contributed by atoms with van der Waals surface area (Å²) in [6.45, 7) is 6.35. The number of hydrogen-bond donors (Lipinski definition) is 3. The standard InChI is InChI=1S/C28H39F2N3O/c1-4-6-8-21-11-19(5-2)14-25-24(21)9-7-10-27(25)32-17-26(31)28(33-18(3)34)15-20-12-22(29)16-23(30)13-20/h11-14,16,26-28,32H,4-10,15,17,31H2,1-3H3,(H,33,34)/t26-,27-,28+/m1/s1. The number of aryl methyl sites for hydroxylation is 2. The monoisotopic (exact) mass is 471 g/mol. The van der Waals surface area contributed by atoms with Crippen LogP contribution in [0, 0.1) is 11.6 Å². The average molecular weight is 472 g/mol. The Hall–Kier alpha value is -2.31. The van der Waals surface area contributed by atoms with E-state index in [2.05, 4.69) is 36.6 Å². The molecule has 2 aromatic rings. The van der Waals surface area contributed by atoms with Crippen LogP contribution in [0.15, 0.2) is 30.3 Å². The van der Waals surface area contributed by atoms with Crippen molar-refractivity contribution in [1.82, 2.24) is 10.6 Å². The maximum absolute atomic E-state index is 13.7. The summed E-state index contributed by atoms with van der Waals surface area (Å²) < 4.78 is 27.3. The Morgan fingerprint density at radius 2 is 1.85 bits per heavy atom. The first kappa shape index (κ1) is 26.3. The van der Waals surface area contributed by atoms with Gasteiger partial charge >= 0.3 is 0 Å². The highest BCUT2D eigenvalue weighted by atomic mass is 19.1. The highest BCUT2D eigenvalue weighted by molar-refractivity contribution is 5.73. The van der Waals surface area contributed by atoms with Gasteiger partial charge in [0.2, 0.25) is 5.91 Å². The maximum Gasteiger partial charge on any atom is 0.217 e. The van der Waals surface area contributed by atoms with Crippen molar-refractivity contribution in [3.63, 3.8) is 0 Å². The van der Waals surface area contributed by atoms with Gasteiger partial charge in [-0.1, -0.05) is 32.4 Å². The van der Waals surface area contributed by atoms with Gasteiger partial charge in [0, 0.05) is 37.7 Å². The van der Waals surface area contributed by atoms with Crippen LogP contribution in [-0.4, -0.2) is 24.5 Å². The summed E-state index contributed by atoms with van der Waals surface area (Å²) in [4.78, 5) is 11.8. The molecule has 0 fully saturated rings. The minimum atomic E-state index is -0.632. The normalized spacial score (nSPS) is 17.2. The fourth-order valence-corrected chi connectivity index (χ4v) is 5.06. The Morgan fingerprint density at radius 3 is 2.50 bits per heavy atom. The van der Waals surface area contributed by atoms with Crippen molar-refractivity contribution in [1.29, 1.82) is 0 Å². The Balaban J connectivity index is 1.74. The Labute approximate surface area is 202 Å². The molecule has 3 rings (SSSR count). The summed E-state index contributed by atoms with van der Waals surface area (Å²) in [7, 11) is 0. The number of carbonyl (C=O) groups excluding carboxylic acids is 1. The van der Waals surface area contributed by atoms with E-state index in [-0.39, 0.29) is 18.4 Å². The number of benzene rings is 2. The van der Waals surface area contributed by atoms with Gasteiger partial charge in [0.25, 0.3) is 0 Å². The minimum absolute atomic E-state index is 0.214. The van der Waals surface area contributed by atoms with E-state index >= 15 is 0 Å². The lowest BCUT2D eigenvalue weighted by molar-refractivity contribution is -0.119. The quantitative estimate of drug-likeness (QED) is 0.436. The van der Waals surface area contributed by atoms with Gasteiger partial charge in [-0.05, 0) is 84.9 Å². The van der Waals surface area contributed by atoms with Crippen LogP contribution in [0.5, 0.6) is 0 Å². The first-order valence-electron chi connectivity index (χ1n) is 12.7. The van der Waals surface area contributed by atoms with Gasteiger partial charge in [0.05, 0.1) is 0 Å². The molecule has 2 aromatic carbocycles. The molecule has 1 amide bonds. The predicted octanol–water partition coefficient (Wildman–Crippen LogP) is 4.91. The molecule has 0 spiro atoms. The van der Waals surface area contributed by atoms with Gasteiger partial charge in [-0.15, -0.1) is 0 Å². The molecule has 0 saturated heterocycles. The lowest BCUT2D eigenvalue weighted by Crippen LogP contribution is -2.53. The summed E-state index contributed by atoms with van der Waals surface area (Å²) in [6.07, 6.45) is 8.05. The van der Waals surface area contributed by atoms with Gasteiger partial charge in [-0.2, -0.15) is 0 Å². The zero-order valence-corrected chi connectivity index (χ0v) is 20.7. The third-order valence-corrected chi connectivity index (χ3v) is 6.82. The molecule has 0 unspecified atom stereocenters. The lowest BCUT2D eigenvalue weighted by atomic mass is 9.82. The van der Waals surface area contributed by atoms with Crippen LogP contribution in [0.25, 0.3) is 0 Å². The van der Waals surface area contributed by atoms with Crippen LogP contribution in [0.3, 0.4) is 0 Å². The summed E-state index contributed by atoms with van der Waals surface area (Å²) in [5.41, 5.74) is 12.7. The number of fused-ring (bicyclic) bond motifs is 1. The number of nitrogens with two attached hydrogens (primary N) is 1. The molecular formula is C28H39F2N3O. The molecule has 1 aliphatic carbocycles. The molecule has 6 heteroatoms. The van der Waals surface area contributed by atoms with Crippen molar-refractivity contribution < 1.29 is 13.6 Å². The van der Waals surface area contributed by atoms with Crippen molar-refractivity contribution in [2.24, 2.45) is 5.73 Å². The molecule has 34 heavy (non-hydrogen) atoms. The van der Waals surface area contributed by atoms with Gasteiger partial charge < -0.3 is 16.4 Å². The zero-order chi connectivity index (χ0) is 24.7. The molecule has 0 aliphatic heterocycles. The van der Waals surface area contributed by atoms with Crippen molar-refractivity contribution in [2.45, 2.75) is 90.3 Å². The van der Waals surface area contributed by atoms with Gasteiger partial charge in [-0.3, -0.25) is 4.79 Å². The minimum Gasteiger partial charge on any atom is -0.352 e. The number of halogens is 2. The molecule has 0 aromatic heterocycles. The first-order valence-corrected chi connectivity index (χ1v) is 12.7. The van der Waals surface area contributed by atoms with Crippen molar-refractivity contribution in [3.8, 4) is 0 Å². The molecule has 0 radical (unpaired) electrons. The van der Waals surface area contributed by atoms with E-state index in [0.29, 0.717) is 12.1 Å². The van der Waals surface area contributed by atoms with Gasteiger partial charge in [-0.25, -0.2) is 8.78 Å². The second kappa shape index (κ2) is 12.4. The molecule has 3 atom stereocenters. The van der Waals surface area contributed by atoms with Crippen LogP contribution in [0.4, 0.5) is 8.78 Å². The molecule has 0 bridgehead atoms. The molecule has 0 heterocycles. The van der Waals surface area contributed by atoms with Crippen molar-refractivity contribution in [3.05, 3.63) is 69.8 Å². The third-order valence-electron chi connectivity index (χ3n) is 6.82. The average Bonchev–Trinajstić information content (AvgIpc) is 2.79. The lowest BCUT2D eigenvalue weighted by Gasteiger charge is -2.32. The molecule has 0 saturated carbocycles. The van der Waals surface area contributed by atoms with Gasteiger partial charge in [0.15, 0.2) is 0 Å². The Morgan fingerprint density at radius 1 is 1.12 bits per heavy atom. The number of unbranched alkanes of at least 4 members (excludes halogenated alkanes) is 1. The molecule has 4 N–H and O–H groups in total. The number of nitrogens with one attached hydrogen (secondary N) is 2. The van der Waals surface area contributed by atoms with E-state index in [1.807, 2.05) is 0 Å². The fourth-order valence-electron chi connectivity index (χ4n) is 5.06. The third kappa shape index (κ3) is 7.09. The number of amides is 1. The molecule has 4 nitrogen and oxygen atoms in total. The van der Waals surface area contributed by atoms with Gasteiger partial charge in [0.1, 0.15) is 11.6 Å². The summed E-state index contributed by atoms with van der Waals surface area (Å²) in [5, 5.41) is 6.53. The largest absolute Gasteiger partial charge is 0.352 e. The predicted molar refractivity (Wildman–Crippen MR) is 134 cm³/mol. The zero-order valence-electron chi connectivity index (χ0n) is 20.7. The maximum atomic E-state index is 13.7. The Kier molecular flexibility index (Phi) is 9.60. The molecular weight excluding hydrogens is 432 g/mol. The van der Waals surface area contributed by atoms with Crippen LogP contribution < -0.4 is 16.4 Å². The number of hydrogen-bond acceptors (Lipinski definition) is 3. The molecule has 186 valence electrons. The summed E-state index contributed by atoms with van der Waals surface area (Å²) in [5.74, 6) is -1.48. The van der Waals surface area contributed by atoms with E-state index in [1.54, 1.807) is 0 Å². The highest BCUT2D eigenvalue weighted by Gasteiger charge is 2.25. The van der Waals surface area contributed by atoms with E-state index < -0.39 is 23.7 Å². The second-order valence-corrected chi connectivity index (χ2v) is 9.59. The Bertz CT molecular complexity index is 958. The number of rotatable bonds is 11. The van der Waals surface area contributed by atoms with Crippen molar-refractivity contribution >= 4 is 5.91 Å². The highest BCUT2D eigenvalue weighted by Crippen LogP contribution is 2.34. The first-order chi connectivity index (χ1) is 16.3. The van der Waals surface area contributed by atoms with Crippen LogP contribution in [0.2, 0.25) is 0 Å².